The normalized spacial score (nSPS) is 27.8. The van der Waals surface area contributed by atoms with Crippen LogP contribution >= 0.6 is 0 Å². The van der Waals surface area contributed by atoms with Gasteiger partial charge in [-0.05, 0) is 20.3 Å². The maximum absolute atomic E-state index is 3.51. The molecule has 0 aromatic heterocycles. The van der Waals surface area contributed by atoms with Gasteiger partial charge in [-0.2, -0.15) is 0 Å². The van der Waals surface area contributed by atoms with Crippen molar-refractivity contribution in [3.05, 3.63) is 0 Å². The zero-order chi connectivity index (χ0) is 8.27. The number of nitrogens with zero attached hydrogens (tertiary/aromatic N) is 1. The van der Waals surface area contributed by atoms with E-state index in [9.17, 15) is 0 Å². The smallest absolute Gasteiger partial charge is 0.0193 e. The highest BCUT2D eigenvalue weighted by molar-refractivity contribution is 4.78. The molecule has 0 amide bonds. The molecule has 1 aliphatic rings. The Morgan fingerprint density at radius 3 is 2.82 bits per heavy atom. The molecule has 0 aromatic carbocycles. The fourth-order valence-electron chi connectivity index (χ4n) is 1.59. The number of hydrogen-bond acceptors (Lipinski definition) is 2. The van der Waals surface area contributed by atoms with E-state index in [0.29, 0.717) is 6.04 Å². The third-order valence-corrected chi connectivity index (χ3v) is 2.51. The molecule has 0 saturated carbocycles. The molecule has 0 aliphatic carbocycles. The standard InChI is InChI=1S/C9H20N2/c1-4-9-7-11(8(2)3)6-5-10-9/h8-10H,4-7H2,1-3H3. The average molecular weight is 156 g/mol. The van der Waals surface area contributed by atoms with Crippen LogP contribution in [0, 0.1) is 0 Å². The van der Waals surface area contributed by atoms with Crippen molar-refractivity contribution in [3.63, 3.8) is 0 Å². The van der Waals surface area contributed by atoms with E-state index in [0.717, 1.165) is 12.6 Å². The van der Waals surface area contributed by atoms with Crippen molar-refractivity contribution in [1.29, 1.82) is 0 Å². The second-order valence-electron chi connectivity index (χ2n) is 3.65. The molecule has 0 radical (unpaired) electrons. The van der Waals surface area contributed by atoms with Crippen LogP contribution in [0.25, 0.3) is 0 Å². The van der Waals surface area contributed by atoms with E-state index < -0.39 is 0 Å². The first-order valence-electron chi connectivity index (χ1n) is 4.71. The van der Waals surface area contributed by atoms with E-state index in [1.165, 1.54) is 19.5 Å². The molecule has 11 heavy (non-hydrogen) atoms. The molecule has 2 heteroatoms. The summed E-state index contributed by atoms with van der Waals surface area (Å²) >= 11 is 0. The first-order valence-corrected chi connectivity index (χ1v) is 4.71. The van der Waals surface area contributed by atoms with Crippen LogP contribution in [0.15, 0.2) is 0 Å². The largest absolute Gasteiger partial charge is 0.311 e. The summed E-state index contributed by atoms with van der Waals surface area (Å²) in [7, 11) is 0. The SMILES string of the molecule is CCC1CN(C(C)C)CCN1. The minimum Gasteiger partial charge on any atom is -0.311 e. The Hall–Kier alpha value is -0.0800. The molecule has 1 heterocycles. The van der Waals surface area contributed by atoms with Gasteiger partial charge in [0.05, 0.1) is 0 Å². The van der Waals surface area contributed by atoms with Crippen molar-refractivity contribution in [2.24, 2.45) is 0 Å². The molecule has 1 unspecified atom stereocenters. The quantitative estimate of drug-likeness (QED) is 0.643. The van der Waals surface area contributed by atoms with Gasteiger partial charge in [0.25, 0.3) is 0 Å². The van der Waals surface area contributed by atoms with Gasteiger partial charge in [-0.15, -0.1) is 0 Å². The highest BCUT2D eigenvalue weighted by atomic mass is 15.2. The van der Waals surface area contributed by atoms with Gasteiger partial charge in [0.1, 0.15) is 0 Å². The molecular weight excluding hydrogens is 136 g/mol. The topological polar surface area (TPSA) is 15.3 Å². The summed E-state index contributed by atoms with van der Waals surface area (Å²) in [6.07, 6.45) is 1.25. The van der Waals surface area contributed by atoms with Crippen LogP contribution in [-0.4, -0.2) is 36.6 Å². The molecule has 1 atom stereocenters. The van der Waals surface area contributed by atoms with Gasteiger partial charge >= 0.3 is 0 Å². The van der Waals surface area contributed by atoms with Crippen molar-refractivity contribution < 1.29 is 0 Å². The number of nitrogens with one attached hydrogen (secondary N) is 1. The molecule has 0 aromatic rings. The molecule has 1 aliphatic heterocycles. The van der Waals surface area contributed by atoms with E-state index in [1.54, 1.807) is 0 Å². The van der Waals surface area contributed by atoms with Gasteiger partial charge in [0, 0.05) is 31.7 Å². The van der Waals surface area contributed by atoms with Crippen LogP contribution in [-0.2, 0) is 0 Å². The summed E-state index contributed by atoms with van der Waals surface area (Å²) in [5.74, 6) is 0. The molecule has 2 nitrogen and oxygen atoms in total. The van der Waals surface area contributed by atoms with Crippen molar-refractivity contribution in [3.8, 4) is 0 Å². The fourth-order valence-corrected chi connectivity index (χ4v) is 1.59. The number of piperazine rings is 1. The summed E-state index contributed by atoms with van der Waals surface area (Å²) < 4.78 is 0. The molecule has 1 saturated heterocycles. The fraction of sp³-hybridized carbons (Fsp3) is 1.00. The van der Waals surface area contributed by atoms with Gasteiger partial charge in [-0.3, -0.25) is 4.90 Å². The van der Waals surface area contributed by atoms with Gasteiger partial charge in [-0.1, -0.05) is 6.92 Å². The van der Waals surface area contributed by atoms with Crippen LogP contribution in [0.5, 0.6) is 0 Å². The Bertz CT molecular complexity index is 112. The van der Waals surface area contributed by atoms with Crippen LogP contribution in [0.2, 0.25) is 0 Å². The van der Waals surface area contributed by atoms with Crippen molar-refractivity contribution in [1.82, 2.24) is 10.2 Å². The van der Waals surface area contributed by atoms with E-state index in [4.69, 9.17) is 0 Å². The Kier molecular flexibility index (Phi) is 3.34. The minimum atomic E-state index is 0.714. The van der Waals surface area contributed by atoms with E-state index in [1.807, 2.05) is 0 Å². The minimum absolute atomic E-state index is 0.714. The van der Waals surface area contributed by atoms with Crippen LogP contribution in [0.1, 0.15) is 27.2 Å². The second kappa shape index (κ2) is 4.07. The summed E-state index contributed by atoms with van der Waals surface area (Å²) in [4.78, 5) is 2.55. The first-order chi connectivity index (χ1) is 5.24. The average Bonchev–Trinajstić information content (AvgIpc) is 2.05. The zero-order valence-electron chi connectivity index (χ0n) is 7.93. The monoisotopic (exact) mass is 156 g/mol. The van der Waals surface area contributed by atoms with Gasteiger partial charge in [0.15, 0.2) is 0 Å². The van der Waals surface area contributed by atoms with E-state index >= 15 is 0 Å². The summed E-state index contributed by atoms with van der Waals surface area (Å²) in [5, 5.41) is 3.51. The molecule has 1 fully saturated rings. The molecule has 66 valence electrons. The van der Waals surface area contributed by atoms with Gasteiger partial charge in [0.2, 0.25) is 0 Å². The lowest BCUT2D eigenvalue weighted by molar-refractivity contribution is 0.160. The number of rotatable bonds is 2. The Morgan fingerprint density at radius 1 is 1.55 bits per heavy atom. The molecular formula is C9H20N2. The second-order valence-corrected chi connectivity index (χ2v) is 3.65. The molecule has 1 rings (SSSR count). The summed E-state index contributed by atoms with van der Waals surface area (Å²) in [6, 6.07) is 1.44. The maximum atomic E-state index is 3.51. The third kappa shape index (κ3) is 2.46. The summed E-state index contributed by atoms with van der Waals surface area (Å²) in [5.41, 5.74) is 0. The molecule has 1 N–H and O–H groups in total. The molecule has 0 bridgehead atoms. The maximum Gasteiger partial charge on any atom is 0.0193 e. The Balaban J connectivity index is 2.33. The predicted octanol–water partition coefficient (Wildman–Crippen LogP) is 1.08. The van der Waals surface area contributed by atoms with E-state index in [-0.39, 0.29) is 0 Å². The van der Waals surface area contributed by atoms with Crippen LogP contribution < -0.4 is 5.32 Å². The zero-order valence-corrected chi connectivity index (χ0v) is 7.93. The van der Waals surface area contributed by atoms with Gasteiger partial charge in [-0.25, -0.2) is 0 Å². The lowest BCUT2D eigenvalue weighted by atomic mass is 10.1. The number of hydrogen-bond donors (Lipinski definition) is 1. The van der Waals surface area contributed by atoms with Crippen LogP contribution in [0.4, 0.5) is 0 Å². The third-order valence-electron chi connectivity index (χ3n) is 2.51. The summed E-state index contributed by atoms with van der Waals surface area (Å²) in [6.45, 7) is 10.4. The Morgan fingerprint density at radius 2 is 2.27 bits per heavy atom. The molecule has 0 spiro atoms. The lowest BCUT2D eigenvalue weighted by Gasteiger charge is -2.35. The highest BCUT2D eigenvalue weighted by Gasteiger charge is 2.18. The van der Waals surface area contributed by atoms with E-state index in [2.05, 4.69) is 31.0 Å². The van der Waals surface area contributed by atoms with Crippen molar-refractivity contribution in [2.75, 3.05) is 19.6 Å². The lowest BCUT2D eigenvalue weighted by Crippen LogP contribution is -2.52. The first kappa shape index (κ1) is 9.01. The van der Waals surface area contributed by atoms with Crippen molar-refractivity contribution >= 4 is 0 Å². The Labute approximate surface area is 70.0 Å². The van der Waals surface area contributed by atoms with Gasteiger partial charge < -0.3 is 5.32 Å². The highest BCUT2D eigenvalue weighted by Crippen LogP contribution is 2.05. The van der Waals surface area contributed by atoms with Crippen molar-refractivity contribution in [2.45, 2.75) is 39.3 Å². The van der Waals surface area contributed by atoms with Crippen LogP contribution in [0.3, 0.4) is 0 Å². The predicted molar refractivity (Wildman–Crippen MR) is 48.8 cm³/mol.